The van der Waals surface area contributed by atoms with E-state index >= 15 is 0 Å². The van der Waals surface area contributed by atoms with Crippen LogP contribution in [0.1, 0.15) is 11.1 Å². The number of fused-ring (bicyclic) bond motifs is 1. The summed E-state index contributed by atoms with van der Waals surface area (Å²) in [6.45, 7) is 3.06. The zero-order chi connectivity index (χ0) is 13.9. The molecule has 0 saturated heterocycles. The van der Waals surface area contributed by atoms with E-state index in [2.05, 4.69) is 65.9 Å². The molecule has 3 heteroatoms. The average Bonchev–Trinajstić information content (AvgIpc) is 2.86. The Morgan fingerprint density at radius 3 is 2.75 bits per heavy atom. The van der Waals surface area contributed by atoms with Crippen LogP contribution in [0.2, 0.25) is 0 Å². The van der Waals surface area contributed by atoms with Gasteiger partial charge in [-0.05, 0) is 37.2 Å². The monoisotopic (exact) mass is 282 g/mol. The summed E-state index contributed by atoms with van der Waals surface area (Å²) >= 11 is 1.83. The molecule has 0 amide bonds. The van der Waals surface area contributed by atoms with Crippen LogP contribution in [0.5, 0.6) is 0 Å². The predicted molar refractivity (Wildman–Crippen MR) is 86.4 cm³/mol. The molecule has 0 unspecified atom stereocenters. The van der Waals surface area contributed by atoms with Crippen LogP contribution in [0.15, 0.2) is 58.5 Å². The number of rotatable bonds is 4. The predicted octanol–water partition coefficient (Wildman–Crippen LogP) is 4.35. The van der Waals surface area contributed by atoms with E-state index in [-0.39, 0.29) is 0 Å². The van der Waals surface area contributed by atoms with Crippen LogP contribution in [0, 0.1) is 6.92 Å². The molecular formula is C17H18N2S. The van der Waals surface area contributed by atoms with E-state index in [4.69, 9.17) is 0 Å². The topological polar surface area (TPSA) is 27.8 Å². The molecule has 0 radical (unpaired) electrons. The molecule has 2 N–H and O–H groups in total. The Balaban J connectivity index is 2.02. The normalized spacial score (nSPS) is 11.1. The summed E-state index contributed by atoms with van der Waals surface area (Å²) in [6, 6.07) is 15.0. The second-order valence-electron chi connectivity index (χ2n) is 4.89. The zero-order valence-electron chi connectivity index (χ0n) is 11.7. The second kappa shape index (κ2) is 5.73. The average molecular weight is 282 g/mol. The highest BCUT2D eigenvalue weighted by molar-refractivity contribution is 7.99. The molecular weight excluding hydrogens is 264 g/mol. The number of hydrogen-bond acceptors (Lipinski definition) is 2. The van der Waals surface area contributed by atoms with E-state index in [0.717, 1.165) is 6.54 Å². The third-order valence-corrected chi connectivity index (χ3v) is 4.60. The summed E-state index contributed by atoms with van der Waals surface area (Å²) < 4.78 is 0. The summed E-state index contributed by atoms with van der Waals surface area (Å²) in [6.07, 6.45) is 2.11. The van der Waals surface area contributed by atoms with Gasteiger partial charge in [-0.15, -0.1) is 0 Å². The van der Waals surface area contributed by atoms with Gasteiger partial charge in [-0.2, -0.15) is 0 Å². The first-order valence-corrected chi connectivity index (χ1v) is 7.58. The molecule has 0 fully saturated rings. The highest BCUT2D eigenvalue weighted by Gasteiger charge is 2.09. The third kappa shape index (κ3) is 2.47. The molecule has 1 aromatic heterocycles. The van der Waals surface area contributed by atoms with Crippen molar-refractivity contribution in [2.75, 3.05) is 7.05 Å². The van der Waals surface area contributed by atoms with Gasteiger partial charge in [0.15, 0.2) is 0 Å². The molecule has 0 saturated carbocycles. The molecule has 1 heterocycles. The molecule has 0 spiro atoms. The molecule has 0 aliphatic rings. The van der Waals surface area contributed by atoms with Crippen LogP contribution in [0.3, 0.4) is 0 Å². The maximum absolute atomic E-state index is 3.36. The quantitative estimate of drug-likeness (QED) is 0.744. The fourth-order valence-corrected chi connectivity index (χ4v) is 3.62. The van der Waals surface area contributed by atoms with Crippen LogP contribution in [0.25, 0.3) is 10.9 Å². The van der Waals surface area contributed by atoms with Gasteiger partial charge in [-0.3, -0.25) is 0 Å². The van der Waals surface area contributed by atoms with Crippen molar-refractivity contribution in [3.05, 3.63) is 59.8 Å². The van der Waals surface area contributed by atoms with Crippen molar-refractivity contribution in [3.63, 3.8) is 0 Å². The summed E-state index contributed by atoms with van der Waals surface area (Å²) in [4.78, 5) is 5.97. The van der Waals surface area contributed by atoms with Crippen LogP contribution in [-0.2, 0) is 6.54 Å². The Hall–Kier alpha value is -1.71. The number of nitrogens with one attached hydrogen (secondary N) is 2. The fourth-order valence-electron chi connectivity index (χ4n) is 2.47. The Bertz CT molecular complexity index is 731. The fraction of sp³-hybridized carbons (Fsp3) is 0.176. The first-order chi connectivity index (χ1) is 9.79. The lowest BCUT2D eigenvalue weighted by molar-refractivity contribution is 0.803. The van der Waals surface area contributed by atoms with Crippen molar-refractivity contribution in [1.29, 1.82) is 0 Å². The maximum atomic E-state index is 3.36. The van der Waals surface area contributed by atoms with Crippen molar-refractivity contribution < 1.29 is 0 Å². The van der Waals surface area contributed by atoms with Crippen LogP contribution >= 0.6 is 11.8 Å². The maximum Gasteiger partial charge on any atom is 0.0468 e. The van der Waals surface area contributed by atoms with E-state index in [1.54, 1.807) is 0 Å². The Kier molecular flexibility index (Phi) is 3.81. The molecule has 2 aromatic carbocycles. The molecule has 0 aliphatic heterocycles. The van der Waals surface area contributed by atoms with Crippen molar-refractivity contribution in [2.24, 2.45) is 0 Å². The Morgan fingerprint density at radius 1 is 1.05 bits per heavy atom. The van der Waals surface area contributed by atoms with Crippen molar-refractivity contribution in [1.82, 2.24) is 10.3 Å². The molecule has 102 valence electrons. The van der Waals surface area contributed by atoms with Gasteiger partial charge in [-0.1, -0.05) is 42.1 Å². The number of benzene rings is 2. The summed E-state index contributed by atoms with van der Waals surface area (Å²) in [5, 5.41) is 4.56. The standard InChI is InChI=1S/C17H18N2S/c1-12-6-5-8-14-17(12)16(11-19-14)20-15-9-4-3-7-13(15)10-18-2/h3-9,11,18-19H,10H2,1-2H3. The summed E-state index contributed by atoms with van der Waals surface area (Å²) in [5.41, 5.74) is 3.86. The largest absolute Gasteiger partial charge is 0.360 e. The SMILES string of the molecule is CNCc1ccccc1Sc1c[nH]c2cccc(C)c12. The molecule has 2 nitrogen and oxygen atoms in total. The molecule has 0 bridgehead atoms. The first-order valence-electron chi connectivity index (χ1n) is 6.76. The first kappa shape index (κ1) is 13.3. The van der Waals surface area contributed by atoms with Crippen LogP contribution in [-0.4, -0.2) is 12.0 Å². The number of aromatic nitrogens is 1. The van der Waals surface area contributed by atoms with Crippen molar-refractivity contribution in [2.45, 2.75) is 23.3 Å². The van der Waals surface area contributed by atoms with Crippen molar-refractivity contribution in [3.8, 4) is 0 Å². The second-order valence-corrected chi connectivity index (χ2v) is 5.97. The number of aromatic amines is 1. The van der Waals surface area contributed by atoms with Gasteiger partial charge in [0.1, 0.15) is 0 Å². The molecule has 0 aliphatic carbocycles. The molecule has 0 atom stereocenters. The third-order valence-electron chi connectivity index (χ3n) is 3.44. The van der Waals surface area contributed by atoms with Crippen LogP contribution < -0.4 is 5.32 Å². The van der Waals surface area contributed by atoms with Crippen LogP contribution in [0.4, 0.5) is 0 Å². The van der Waals surface area contributed by atoms with Gasteiger partial charge in [0.25, 0.3) is 0 Å². The van der Waals surface area contributed by atoms with Crippen molar-refractivity contribution >= 4 is 22.7 Å². The van der Waals surface area contributed by atoms with Gasteiger partial charge in [0, 0.05) is 33.4 Å². The lowest BCUT2D eigenvalue weighted by Crippen LogP contribution is -2.05. The van der Waals surface area contributed by atoms with Gasteiger partial charge < -0.3 is 10.3 Å². The molecule has 3 aromatic rings. The highest BCUT2D eigenvalue weighted by atomic mass is 32.2. The highest BCUT2D eigenvalue weighted by Crippen LogP contribution is 2.36. The van der Waals surface area contributed by atoms with Gasteiger partial charge in [0.05, 0.1) is 0 Å². The van der Waals surface area contributed by atoms with E-state index in [0.29, 0.717) is 0 Å². The Morgan fingerprint density at radius 2 is 1.90 bits per heavy atom. The van der Waals surface area contributed by atoms with E-state index in [1.165, 1.54) is 31.8 Å². The zero-order valence-corrected chi connectivity index (χ0v) is 12.6. The number of hydrogen-bond donors (Lipinski definition) is 2. The molecule has 3 rings (SSSR count). The minimum Gasteiger partial charge on any atom is -0.360 e. The lowest BCUT2D eigenvalue weighted by atomic mass is 10.1. The number of H-pyrrole nitrogens is 1. The van der Waals surface area contributed by atoms with E-state index < -0.39 is 0 Å². The van der Waals surface area contributed by atoms with Gasteiger partial charge in [-0.25, -0.2) is 0 Å². The number of aryl methyl sites for hydroxylation is 1. The molecule has 20 heavy (non-hydrogen) atoms. The van der Waals surface area contributed by atoms with Gasteiger partial charge >= 0.3 is 0 Å². The lowest BCUT2D eigenvalue weighted by Gasteiger charge is -2.08. The summed E-state index contributed by atoms with van der Waals surface area (Å²) in [7, 11) is 1.98. The van der Waals surface area contributed by atoms with E-state index in [9.17, 15) is 0 Å². The Labute approximate surface area is 123 Å². The smallest absolute Gasteiger partial charge is 0.0468 e. The van der Waals surface area contributed by atoms with E-state index in [1.807, 2.05) is 18.8 Å². The van der Waals surface area contributed by atoms with Gasteiger partial charge in [0.2, 0.25) is 0 Å². The minimum atomic E-state index is 0.893. The minimum absolute atomic E-state index is 0.893. The summed E-state index contributed by atoms with van der Waals surface area (Å²) in [5.74, 6) is 0.